The molecule has 1 heterocycles. The predicted octanol–water partition coefficient (Wildman–Crippen LogP) is 3.81. The van der Waals surface area contributed by atoms with Gasteiger partial charge < -0.3 is 5.32 Å². The first-order valence-corrected chi connectivity index (χ1v) is 6.92. The molecule has 1 N–H and O–H groups in total. The lowest BCUT2D eigenvalue weighted by Crippen LogP contribution is -2.24. The van der Waals surface area contributed by atoms with Gasteiger partial charge in [-0.05, 0) is 30.7 Å². The lowest BCUT2D eigenvalue weighted by molar-refractivity contribution is 0.0953. The zero-order valence-electron chi connectivity index (χ0n) is 10.9. The van der Waals surface area contributed by atoms with Crippen LogP contribution in [0.15, 0.2) is 30.5 Å². The third kappa shape index (κ3) is 3.67. The molecule has 2 aromatic rings. The Labute approximate surface area is 118 Å². The number of nitrogens with zero attached hydrogens (tertiary/aromatic N) is 1. The van der Waals surface area contributed by atoms with Gasteiger partial charge in [-0.2, -0.15) is 0 Å². The van der Waals surface area contributed by atoms with E-state index in [0.717, 1.165) is 30.2 Å². The molecule has 0 radical (unpaired) electrons. The van der Waals surface area contributed by atoms with Crippen LogP contribution in [0.3, 0.4) is 0 Å². The molecule has 0 fully saturated rings. The molecule has 0 saturated carbocycles. The Morgan fingerprint density at radius 3 is 2.95 bits per heavy atom. The molecule has 1 aromatic carbocycles. The molecule has 100 valence electrons. The molecule has 0 atom stereocenters. The van der Waals surface area contributed by atoms with Gasteiger partial charge in [-0.25, -0.2) is 0 Å². The number of carbonyl (C=O) groups is 1. The highest BCUT2D eigenvalue weighted by Gasteiger charge is 2.06. The van der Waals surface area contributed by atoms with E-state index < -0.39 is 0 Å². The van der Waals surface area contributed by atoms with E-state index in [1.54, 1.807) is 12.3 Å². The summed E-state index contributed by atoms with van der Waals surface area (Å²) in [5.74, 6) is -0.0783. The van der Waals surface area contributed by atoms with Crippen LogP contribution >= 0.6 is 11.6 Å². The highest BCUT2D eigenvalue weighted by atomic mass is 35.5. The van der Waals surface area contributed by atoms with Crippen molar-refractivity contribution in [3.63, 3.8) is 0 Å². The van der Waals surface area contributed by atoms with Gasteiger partial charge in [0, 0.05) is 23.2 Å². The van der Waals surface area contributed by atoms with Gasteiger partial charge in [-0.1, -0.05) is 31.4 Å². The molecule has 4 heteroatoms. The number of carbonyl (C=O) groups excluding carboxylic acids is 1. The minimum atomic E-state index is -0.0783. The number of unbranched alkanes of at least 4 members (excludes halogenated alkanes) is 2. The number of fused-ring (bicyclic) bond motifs is 1. The van der Waals surface area contributed by atoms with Crippen molar-refractivity contribution < 1.29 is 4.79 Å². The Morgan fingerprint density at radius 1 is 1.32 bits per heavy atom. The van der Waals surface area contributed by atoms with Crippen LogP contribution in [0.4, 0.5) is 0 Å². The lowest BCUT2D eigenvalue weighted by atomic mass is 10.1. The summed E-state index contributed by atoms with van der Waals surface area (Å²) in [6, 6.07) is 7.28. The van der Waals surface area contributed by atoms with Gasteiger partial charge in [0.15, 0.2) is 0 Å². The first kappa shape index (κ1) is 13.8. The molecule has 0 spiro atoms. The van der Waals surface area contributed by atoms with E-state index in [9.17, 15) is 4.79 Å². The third-order valence-corrected chi connectivity index (χ3v) is 3.21. The molecule has 0 unspecified atom stereocenters. The summed E-state index contributed by atoms with van der Waals surface area (Å²) in [5.41, 5.74) is 1.41. The standard InChI is InChI=1S/C15H17ClN2O/c1-2-3-4-7-17-15(19)12-8-11-9-13(16)5-6-14(11)18-10-12/h5-6,8-10H,2-4,7H2,1H3,(H,17,19). The van der Waals surface area contributed by atoms with E-state index in [4.69, 9.17) is 11.6 Å². The van der Waals surface area contributed by atoms with E-state index in [1.807, 2.05) is 18.2 Å². The van der Waals surface area contributed by atoms with Crippen LogP contribution in [-0.4, -0.2) is 17.4 Å². The number of hydrogen-bond donors (Lipinski definition) is 1. The lowest BCUT2D eigenvalue weighted by Gasteiger charge is -2.05. The van der Waals surface area contributed by atoms with Crippen LogP contribution in [-0.2, 0) is 0 Å². The number of benzene rings is 1. The maximum Gasteiger partial charge on any atom is 0.252 e. The van der Waals surface area contributed by atoms with Gasteiger partial charge in [0.05, 0.1) is 11.1 Å². The molecule has 0 bridgehead atoms. The maximum absolute atomic E-state index is 12.0. The van der Waals surface area contributed by atoms with E-state index >= 15 is 0 Å². The van der Waals surface area contributed by atoms with Crippen molar-refractivity contribution in [2.45, 2.75) is 26.2 Å². The van der Waals surface area contributed by atoms with Crippen LogP contribution in [0.1, 0.15) is 36.5 Å². The first-order valence-electron chi connectivity index (χ1n) is 6.54. The van der Waals surface area contributed by atoms with Gasteiger partial charge in [-0.15, -0.1) is 0 Å². The second kappa shape index (κ2) is 6.53. The average Bonchev–Trinajstić information content (AvgIpc) is 2.42. The van der Waals surface area contributed by atoms with Crippen LogP contribution in [0.25, 0.3) is 10.9 Å². The van der Waals surface area contributed by atoms with E-state index in [0.29, 0.717) is 17.1 Å². The van der Waals surface area contributed by atoms with Crippen LogP contribution in [0, 0.1) is 0 Å². The van der Waals surface area contributed by atoms with Crippen molar-refractivity contribution in [2.24, 2.45) is 0 Å². The second-order valence-electron chi connectivity index (χ2n) is 4.52. The maximum atomic E-state index is 12.0. The van der Waals surface area contributed by atoms with Gasteiger partial charge >= 0.3 is 0 Å². The van der Waals surface area contributed by atoms with Crippen molar-refractivity contribution in [3.05, 3.63) is 41.0 Å². The fourth-order valence-electron chi connectivity index (χ4n) is 1.91. The van der Waals surface area contributed by atoms with Crippen molar-refractivity contribution in [2.75, 3.05) is 6.54 Å². The number of pyridine rings is 1. The summed E-state index contributed by atoms with van der Waals surface area (Å²) in [5, 5.41) is 4.43. The largest absolute Gasteiger partial charge is 0.352 e. The summed E-state index contributed by atoms with van der Waals surface area (Å²) in [6.07, 6.45) is 4.89. The number of hydrogen-bond acceptors (Lipinski definition) is 2. The topological polar surface area (TPSA) is 42.0 Å². The Hall–Kier alpha value is -1.61. The van der Waals surface area contributed by atoms with Crippen LogP contribution in [0.5, 0.6) is 0 Å². The monoisotopic (exact) mass is 276 g/mol. The minimum absolute atomic E-state index is 0.0783. The molecule has 3 nitrogen and oxygen atoms in total. The van der Waals surface area contributed by atoms with Crippen molar-refractivity contribution >= 4 is 28.4 Å². The molecule has 0 aliphatic carbocycles. The van der Waals surface area contributed by atoms with Gasteiger partial charge in [0.1, 0.15) is 0 Å². The van der Waals surface area contributed by atoms with Crippen molar-refractivity contribution in [3.8, 4) is 0 Å². The summed E-state index contributed by atoms with van der Waals surface area (Å²) in [7, 11) is 0. The second-order valence-corrected chi connectivity index (χ2v) is 4.96. The third-order valence-electron chi connectivity index (χ3n) is 2.97. The highest BCUT2D eigenvalue weighted by Crippen LogP contribution is 2.18. The molecule has 0 aliphatic rings. The van der Waals surface area contributed by atoms with Gasteiger partial charge in [0.25, 0.3) is 5.91 Å². The Morgan fingerprint density at radius 2 is 2.16 bits per heavy atom. The number of rotatable bonds is 5. The summed E-state index contributed by atoms with van der Waals surface area (Å²) < 4.78 is 0. The molecule has 0 saturated heterocycles. The van der Waals surface area contributed by atoms with Crippen LogP contribution < -0.4 is 5.32 Å². The normalized spacial score (nSPS) is 10.6. The SMILES string of the molecule is CCCCCNC(=O)c1cnc2ccc(Cl)cc2c1. The summed E-state index contributed by atoms with van der Waals surface area (Å²) in [4.78, 5) is 16.2. The number of amides is 1. The summed E-state index contributed by atoms with van der Waals surface area (Å²) >= 11 is 5.94. The first-order chi connectivity index (χ1) is 9.20. The zero-order valence-corrected chi connectivity index (χ0v) is 11.7. The van der Waals surface area contributed by atoms with Crippen molar-refractivity contribution in [1.82, 2.24) is 10.3 Å². The number of aromatic nitrogens is 1. The average molecular weight is 277 g/mol. The quantitative estimate of drug-likeness (QED) is 0.844. The molecule has 0 aliphatic heterocycles. The Kier molecular flexibility index (Phi) is 4.74. The molecular formula is C15H17ClN2O. The highest BCUT2D eigenvalue weighted by molar-refractivity contribution is 6.31. The fraction of sp³-hybridized carbons (Fsp3) is 0.333. The predicted molar refractivity (Wildman–Crippen MR) is 78.6 cm³/mol. The minimum Gasteiger partial charge on any atom is -0.352 e. The molecule has 19 heavy (non-hydrogen) atoms. The summed E-state index contributed by atoms with van der Waals surface area (Å²) in [6.45, 7) is 2.85. The van der Waals surface area contributed by atoms with E-state index in [2.05, 4.69) is 17.2 Å². The fourth-order valence-corrected chi connectivity index (χ4v) is 2.09. The van der Waals surface area contributed by atoms with Crippen LogP contribution in [0.2, 0.25) is 5.02 Å². The number of halogens is 1. The molecule has 1 aromatic heterocycles. The van der Waals surface area contributed by atoms with Gasteiger partial charge in [-0.3, -0.25) is 9.78 Å². The van der Waals surface area contributed by atoms with E-state index in [1.165, 1.54) is 0 Å². The smallest absolute Gasteiger partial charge is 0.252 e. The van der Waals surface area contributed by atoms with E-state index in [-0.39, 0.29) is 5.91 Å². The Bertz CT molecular complexity index is 583. The van der Waals surface area contributed by atoms with Crippen molar-refractivity contribution in [1.29, 1.82) is 0 Å². The molecule has 1 amide bonds. The molecule has 2 rings (SSSR count). The van der Waals surface area contributed by atoms with Gasteiger partial charge in [0.2, 0.25) is 0 Å². The zero-order chi connectivity index (χ0) is 13.7. The Balaban J connectivity index is 2.09. The number of nitrogens with one attached hydrogen (secondary N) is 1. The molecular weight excluding hydrogens is 260 g/mol.